The molecule has 2 heterocycles. The van der Waals surface area contributed by atoms with Crippen LogP contribution in [0.15, 0.2) is 30.9 Å². The SMILES string of the molecule is Cc1nccn1CCNC(=O)c1ccncc1Cl. The minimum absolute atomic E-state index is 0.194. The van der Waals surface area contributed by atoms with Crippen molar-refractivity contribution in [2.75, 3.05) is 6.54 Å². The number of imidazole rings is 1. The predicted molar refractivity (Wildman–Crippen MR) is 68.5 cm³/mol. The number of aryl methyl sites for hydroxylation is 1. The lowest BCUT2D eigenvalue weighted by Gasteiger charge is -2.08. The molecule has 94 valence electrons. The van der Waals surface area contributed by atoms with Crippen LogP contribution >= 0.6 is 11.6 Å². The van der Waals surface area contributed by atoms with E-state index in [1.165, 1.54) is 6.20 Å². The Kier molecular flexibility index (Phi) is 3.94. The van der Waals surface area contributed by atoms with Crippen molar-refractivity contribution in [2.24, 2.45) is 0 Å². The minimum Gasteiger partial charge on any atom is -0.350 e. The molecule has 0 aromatic carbocycles. The lowest BCUT2D eigenvalue weighted by Crippen LogP contribution is -2.27. The van der Waals surface area contributed by atoms with Crippen molar-refractivity contribution in [3.8, 4) is 0 Å². The number of nitrogens with one attached hydrogen (secondary N) is 1. The van der Waals surface area contributed by atoms with Gasteiger partial charge in [0.2, 0.25) is 0 Å². The van der Waals surface area contributed by atoms with Crippen LogP contribution in [0.3, 0.4) is 0 Å². The van der Waals surface area contributed by atoms with Gasteiger partial charge in [0, 0.05) is 37.9 Å². The van der Waals surface area contributed by atoms with Crippen LogP contribution in [0.5, 0.6) is 0 Å². The monoisotopic (exact) mass is 264 g/mol. The maximum atomic E-state index is 11.8. The van der Waals surface area contributed by atoms with Crippen LogP contribution in [0.2, 0.25) is 5.02 Å². The van der Waals surface area contributed by atoms with Gasteiger partial charge in [-0.1, -0.05) is 11.6 Å². The van der Waals surface area contributed by atoms with Crippen molar-refractivity contribution in [1.82, 2.24) is 19.9 Å². The van der Waals surface area contributed by atoms with Crippen molar-refractivity contribution < 1.29 is 4.79 Å². The maximum Gasteiger partial charge on any atom is 0.252 e. The van der Waals surface area contributed by atoms with E-state index >= 15 is 0 Å². The second-order valence-corrected chi connectivity index (χ2v) is 4.19. The summed E-state index contributed by atoms with van der Waals surface area (Å²) in [6.45, 7) is 3.12. The summed E-state index contributed by atoms with van der Waals surface area (Å²) in [6, 6.07) is 1.60. The fourth-order valence-electron chi connectivity index (χ4n) is 1.58. The predicted octanol–water partition coefficient (Wildman–Crippen LogP) is 1.67. The van der Waals surface area contributed by atoms with Gasteiger partial charge in [0.05, 0.1) is 10.6 Å². The molecule has 18 heavy (non-hydrogen) atoms. The van der Waals surface area contributed by atoms with Gasteiger partial charge in [-0.05, 0) is 13.0 Å². The molecule has 6 heteroatoms. The third-order valence-electron chi connectivity index (χ3n) is 2.58. The zero-order valence-corrected chi connectivity index (χ0v) is 10.7. The number of rotatable bonds is 4. The van der Waals surface area contributed by atoms with Gasteiger partial charge < -0.3 is 9.88 Å². The molecule has 1 N–H and O–H groups in total. The Bertz CT molecular complexity index is 553. The fraction of sp³-hybridized carbons (Fsp3) is 0.250. The van der Waals surface area contributed by atoms with Crippen molar-refractivity contribution in [2.45, 2.75) is 13.5 Å². The van der Waals surface area contributed by atoms with Gasteiger partial charge in [0.1, 0.15) is 5.82 Å². The summed E-state index contributed by atoms with van der Waals surface area (Å²) >= 11 is 5.88. The maximum absolute atomic E-state index is 11.8. The summed E-state index contributed by atoms with van der Waals surface area (Å²) in [7, 11) is 0. The quantitative estimate of drug-likeness (QED) is 0.914. The normalized spacial score (nSPS) is 10.3. The molecule has 0 spiro atoms. The number of hydrogen-bond donors (Lipinski definition) is 1. The van der Waals surface area contributed by atoms with E-state index in [0.29, 0.717) is 23.7 Å². The molecule has 2 rings (SSSR count). The Morgan fingerprint density at radius 3 is 3.00 bits per heavy atom. The second-order valence-electron chi connectivity index (χ2n) is 3.78. The second kappa shape index (κ2) is 5.64. The molecule has 0 radical (unpaired) electrons. The third-order valence-corrected chi connectivity index (χ3v) is 2.88. The molecule has 5 nitrogen and oxygen atoms in total. The average Bonchev–Trinajstić information content (AvgIpc) is 2.75. The molecular weight excluding hydrogens is 252 g/mol. The Morgan fingerprint density at radius 2 is 2.33 bits per heavy atom. The molecule has 0 aliphatic rings. The first-order valence-electron chi connectivity index (χ1n) is 5.54. The highest BCUT2D eigenvalue weighted by atomic mass is 35.5. The largest absolute Gasteiger partial charge is 0.350 e. The average molecular weight is 265 g/mol. The van der Waals surface area contributed by atoms with E-state index in [2.05, 4.69) is 15.3 Å². The van der Waals surface area contributed by atoms with Gasteiger partial charge >= 0.3 is 0 Å². The highest BCUT2D eigenvalue weighted by Gasteiger charge is 2.09. The van der Waals surface area contributed by atoms with E-state index in [1.807, 2.05) is 17.7 Å². The van der Waals surface area contributed by atoms with Gasteiger partial charge in [0.25, 0.3) is 5.91 Å². The molecule has 0 saturated carbocycles. The summed E-state index contributed by atoms with van der Waals surface area (Å²) in [6.07, 6.45) is 6.61. The Labute approximate surface area is 110 Å². The smallest absolute Gasteiger partial charge is 0.252 e. The summed E-state index contributed by atoms with van der Waals surface area (Å²) < 4.78 is 1.97. The van der Waals surface area contributed by atoms with E-state index in [9.17, 15) is 4.79 Å². The molecule has 0 unspecified atom stereocenters. The summed E-state index contributed by atoms with van der Waals surface area (Å²) in [5, 5.41) is 3.16. The fourth-order valence-corrected chi connectivity index (χ4v) is 1.79. The zero-order valence-electron chi connectivity index (χ0n) is 9.93. The molecule has 0 atom stereocenters. The van der Waals surface area contributed by atoms with Crippen LogP contribution in [-0.4, -0.2) is 27.0 Å². The van der Waals surface area contributed by atoms with Crippen molar-refractivity contribution in [1.29, 1.82) is 0 Å². The number of hydrogen-bond acceptors (Lipinski definition) is 3. The number of carbonyl (C=O) groups is 1. The molecule has 0 aliphatic heterocycles. The standard InChI is InChI=1S/C12H13ClN4O/c1-9-15-4-6-17(9)7-5-16-12(18)10-2-3-14-8-11(10)13/h2-4,6,8H,5,7H2,1H3,(H,16,18). The Morgan fingerprint density at radius 1 is 1.50 bits per heavy atom. The first-order valence-corrected chi connectivity index (χ1v) is 5.91. The highest BCUT2D eigenvalue weighted by molar-refractivity contribution is 6.33. The number of nitrogens with zero attached hydrogens (tertiary/aromatic N) is 3. The third kappa shape index (κ3) is 2.87. The van der Waals surface area contributed by atoms with Crippen LogP contribution in [-0.2, 0) is 6.54 Å². The first-order chi connectivity index (χ1) is 8.68. The number of carbonyl (C=O) groups excluding carboxylic acids is 1. The summed E-state index contributed by atoms with van der Waals surface area (Å²) in [5.74, 6) is 0.728. The highest BCUT2D eigenvalue weighted by Crippen LogP contribution is 2.12. The van der Waals surface area contributed by atoms with Crippen molar-refractivity contribution in [3.63, 3.8) is 0 Å². The number of halogens is 1. The van der Waals surface area contributed by atoms with Gasteiger partial charge in [-0.15, -0.1) is 0 Å². The summed E-state index contributed by atoms with van der Waals surface area (Å²) in [5.41, 5.74) is 0.439. The molecular formula is C12H13ClN4O. The molecule has 0 bridgehead atoms. The first kappa shape index (κ1) is 12.6. The lowest BCUT2D eigenvalue weighted by atomic mass is 10.2. The van der Waals surface area contributed by atoms with Crippen LogP contribution in [0, 0.1) is 6.92 Å². The van der Waals surface area contributed by atoms with Gasteiger partial charge in [-0.2, -0.15) is 0 Å². The molecule has 2 aromatic heterocycles. The topological polar surface area (TPSA) is 59.8 Å². The van der Waals surface area contributed by atoms with Crippen LogP contribution in [0.25, 0.3) is 0 Å². The Hall–Kier alpha value is -1.88. The van der Waals surface area contributed by atoms with E-state index in [-0.39, 0.29) is 5.91 Å². The van der Waals surface area contributed by atoms with Crippen LogP contribution in [0.4, 0.5) is 0 Å². The van der Waals surface area contributed by atoms with Crippen LogP contribution in [0.1, 0.15) is 16.2 Å². The molecule has 0 fully saturated rings. The van der Waals surface area contributed by atoms with Crippen molar-refractivity contribution in [3.05, 3.63) is 47.3 Å². The molecule has 1 amide bonds. The molecule has 2 aromatic rings. The van der Waals surface area contributed by atoms with Gasteiger partial charge in [-0.3, -0.25) is 9.78 Å². The van der Waals surface area contributed by atoms with Gasteiger partial charge in [-0.25, -0.2) is 4.98 Å². The number of amides is 1. The number of pyridine rings is 1. The van der Waals surface area contributed by atoms with Crippen molar-refractivity contribution >= 4 is 17.5 Å². The summed E-state index contributed by atoms with van der Waals surface area (Å²) in [4.78, 5) is 19.8. The minimum atomic E-state index is -0.194. The van der Waals surface area contributed by atoms with Crippen LogP contribution < -0.4 is 5.32 Å². The van der Waals surface area contributed by atoms with Gasteiger partial charge in [0.15, 0.2) is 0 Å². The van der Waals surface area contributed by atoms with E-state index < -0.39 is 0 Å². The molecule has 0 aliphatic carbocycles. The zero-order chi connectivity index (χ0) is 13.0. The Balaban J connectivity index is 1.90. The number of aromatic nitrogens is 3. The van der Waals surface area contributed by atoms with E-state index in [0.717, 1.165) is 5.82 Å². The molecule has 0 saturated heterocycles. The lowest BCUT2D eigenvalue weighted by molar-refractivity contribution is 0.0952. The van der Waals surface area contributed by atoms with E-state index in [1.54, 1.807) is 18.5 Å². The van der Waals surface area contributed by atoms with E-state index in [4.69, 9.17) is 11.6 Å².